The highest BCUT2D eigenvalue weighted by molar-refractivity contribution is 8.13. The van der Waals surface area contributed by atoms with Crippen LogP contribution in [0.1, 0.15) is 39.5 Å². The van der Waals surface area contributed by atoms with Crippen molar-refractivity contribution in [1.29, 1.82) is 0 Å². The quantitative estimate of drug-likeness (QED) is 0.222. The second-order valence-corrected chi connectivity index (χ2v) is 5.59. The normalized spacial score (nSPS) is 11.9. The van der Waals surface area contributed by atoms with E-state index < -0.39 is 10.4 Å². The number of hydrogen-bond acceptors (Lipinski definition) is 5. The minimum Gasteiger partial charge on any atom is -0.726 e. The van der Waals surface area contributed by atoms with Crippen LogP contribution in [0.4, 0.5) is 0 Å². The summed E-state index contributed by atoms with van der Waals surface area (Å²) >= 11 is 1.68. The van der Waals surface area contributed by atoms with Crippen molar-refractivity contribution in [1.82, 2.24) is 0 Å². The molecule has 6 nitrogen and oxygen atoms in total. The monoisotopic (exact) mass is 300 g/mol. The van der Waals surface area contributed by atoms with E-state index in [4.69, 9.17) is 5.73 Å². The molecule has 3 N–H and O–H groups in total. The number of unbranched alkanes of at least 4 members (excludes halogenated alkanes) is 2. The van der Waals surface area contributed by atoms with Crippen LogP contribution in [-0.2, 0) is 14.6 Å². The molecule has 0 unspecified atom stereocenters. The summed E-state index contributed by atoms with van der Waals surface area (Å²) in [6.07, 6.45) is 3.90. The van der Waals surface area contributed by atoms with E-state index in [1.807, 2.05) is 14.0 Å². The highest BCUT2D eigenvalue weighted by Gasteiger charge is 1.94. The molecule has 0 aromatic carbocycles. The van der Waals surface area contributed by atoms with Gasteiger partial charge >= 0.3 is 5.17 Å². The Morgan fingerprint density at radius 2 is 1.89 bits per heavy atom. The molecule has 0 fully saturated rings. The Kier molecular flexibility index (Phi) is 14.6. The number of amidine groups is 1. The van der Waals surface area contributed by atoms with Crippen LogP contribution < -0.4 is 10.7 Å². The standard InChI is InChI=1S/C6H14N2S.C4H10O4S/c1-3-4-5-9-6(7)8-2;1-2-3-4-8-9(5,6)7/h3-5H2,1-2H3,(H2,7,8);2-4H2,1H3,(H,5,6,7). The number of nitrogens with two attached hydrogens (primary N) is 1. The van der Waals surface area contributed by atoms with E-state index in [0.717, 1.165) is 17.3 Å². The van der Waals surface area contributed by atoms with Crippen LogP contribution in [0.15, 0.2) is 0 Å². The fourth-order valence-corrected chi connectivity index (χ4v) is 1.82. The Morgan fingerprint density at radius 1 is 1.33 bits per heavy atom. The molecule has 0 radical (unpaired) electrons. The Hall–Kier alpha value is -0.310. The predicted molar refractivity (Wildman–Crippen MR) is 74.0 cm³/mol. The van der Waals surface area contributed by atoms with E-state index in [1.54, 1.807) is 11.8 Å². The second kappa shape index (κ2) is 13.1. The molecule has 0 saturated carbocycles. The van der Waals surface area contributed by atoms with Gasteiger partial charge in [0, 0.05) is 5.75 Å². The van der Waals surface area contributed by atoms with Gasteiger partial charge in [-0.15, -0.1) is 0 Å². The van der Waals surface area contributed by atoms with Crippen molar-refractivity contribution in [3.8, 4) is 0 Å². The van der Waals surface area contributed by atoms with Crippen LogP contribution in [0.25, 0.3) is 0 Å². The summed E-state index contributed by atoms with van der Waals surface area (Å²) in [5, 5.41) is 0.823. The fourth-order valence-electron chi connectivity index (χ4n) is 0.704. The summed E-state index contributed by atoms with van der Waals surface area (Å²) in [5.74, 6) is 1.13. The van der Waals surface area contributed by atoms with Crippen molar-refractivity contribution < 1.29 is 22.1 Å². The molecule has 0 heterocycles. The summed E-state index contributed by atoms with van der Waals surface area (Å²) < 4.78 is 33.1. The van der Waals surface area contributed by atoms with E-state index in [-0.39, 0.29) is 6.61 Å². The van der Waals surface area contributed by atoms with E-state index >= 15 is 0 Å². The third-order valence-electron chi connectivity index (χ3n) is 1.73. The van der Waals surface area contributed by atoms with Crippen molar-refractivity contribution >= 4 is 27.3 Å². The average molecular weight is 300 g/mol. The van der Waals surface area contributed by atoms with Crippen molar-refractivity contribution in [2.45, 2.75) is 39.5 Å². The lowest BCUT2D eigenvalue weighted by Crippen LogP contribution is -2.69. The van der Waals surface area contributed by atoms with Crippen LogP contribution in [0.3, 0.4) is 0 Å². The minimum atomic E-state index is -4.45. The lowest BCUT2D eigenvalue weighted by atomic mass is 10.4. The van der Waals surface area contributed by atoms with Gasteiger partial charge in [-0.3, -0.25) is 14.9 Å². The number of hydrogen-bond donors (Lipinski definition) is 2. The number of nitrogens with one attached hydrogen (secondary N) is 1. The third kappa shape index (κ3) is 21.0. The summed E-state index contributed by atoms with van der Waals surface area (Å²) in [4.78, 5) is 2.88. The molecule has 0 aliphatic rings. The Labute approximate surface area is 114 Å². The van der Waals surface area contributed by atoms with Gasteiger partial charge in [-0.1, -0.05) is 26.7 Å². The zero-order chi connectivity index (χ0) is 14.4. The van der Waals surface area contributed by atoms with Gasteiger partial charge in [0.2, 0.25) is 10.4 Å². The molecule has 0 aliphatic carbocycles. The molecule has 0 rings (SSSR count). The van der Waals surface area contributed by atoms with Gasteiger partial charge in [-0.05, 0) is 24.6 Å². The smallest absolute Gasteiger partial charge is 0.301 e. The van der Waals surface area contributed by atoms with E-state index in [2.05, 4.69) is 16.1 Å². The van der Waals surface area contributed by atoms with Crippen LogP contribution in [0.2, 0.25) is 0 Å². The van der Waals surface area contributed by atoms with Gasteiger partial charge < -0.3 is 4.55 Å². The summed E-state index contributed by atoms with van der Waals surface area (Å²) in [6.45, 7) is 4.05. The lowest BCUT2D eigenvalue weighted by molar-refractivity contribution is -0.417. The van der Waals surface area contributed by atoms with Crippen molar-refractivity contribution in [2.24, 2.45) is 5.73 Å². The zero-order valence-corrected chi connectivity index (χ0v) is 12.9. The fraction of sp³-hybridized carbons (Fsp3) is 0.900. The average Bonchev–Trinajstić information content (AvgIpc) is 2.29. The Bertz CT molecular complexity index is 305. The second-order valence-electron chi connectivity index (χ2n) is 3.40. The third-order valence-corrected chi connectivity index (χ3v) is 3.19. The molecule has 0 atom stereocenters. The van der Waals surface area contributed by atoms with Gasteiger partial charge in [0.1, 0.15) is 0 Å². The van der Waals surface area contributed by atoms with Crippen LogP contribution in [0, 0.1) is 0 Å². The van der Waals surface area contributed by atoms with Gasteiger partial charge in [-0.25, -0.2) is 8.42 Å². The molecule has 0 aromatic rings. The molecule has 0 amide bonds. The van der Waals surface area contributed by atoms with Crippen molar-refractivity contribution in [3.63, 3.8) is 0 Å². The van der Waals surface area contributed by atoms with E-state index in [1.165, 1.54) is 12.8 Å². The zero-order valence-electron chi connectivity index (χ0n) is 11.3. The largest absolute Gasteiger partial charge is 0.726 e. The Morgan fingerprint density at radius 3 is 2.28 bits per heavy atom. The molecule has 110 valence electrons. The maximum atomic E-state index is 9.73. The summed E-state index contributed by atoms with van der Waals surface area (Å²) in [5.41, 5.74) is 5.48. The van der Waals surface area contributed by atoms with E-state index in [0.29, 0.717) is 6.42 Å². The number of rotatable bonds is 7. The van der Waals surface area contributed by atoms with Gasteiger partial charge in [-0.2, -0.15) is 0 Å². The summed E-state index contributed by atoms with van der Waals surface area (Å²) in [7, 11) is -2.60. The first-order chi connectivity index (χ1) is 8.37. The van der Waals surface area contributed by atoms with Crippen LogP contribution in [0.5, 0.6) is 0 Å². The molecule has 0 bridgehead atoms. The molecule has 0 saturated heterocycles. The van der Waals surface area contributed by atoms with E-state index in [9.17, 15) is 13.0 Å². The maximum Gasteiger partial charge on any atom is 0.301 e. The maximum absolute atomic E-state index is 9.73. The topological polar surface area (TPSA) is 106 Å². The van der Waals surface area contributed by atoms with Crippen molar-refractivity contribution in [2.75, 3.05) is 19.4 Å². The van der Waals surface area contributed by atoms with Gasteiger partial charge in [0.05, 0.1) is 13.7 Å². The highest BCUT2D eigenvalue weighted by atomic mass is 32.3. The summed E-state index contributed by atoms with van der Waals surface area (Å²) in [6, 6.07) is 0. The first kappa shape index (κ1) is 20.0. The molecule has 8 heteroatoms. The first-order valence-corrected chi connectivity index (χ1v) is 8.22. The first-order valence-electron chi connectivity index (χ1n) is 5.90. The molecule has 18 heavy (non-hydrogen) atoms. The highest BCUT2D eigenvalue weighted by Crippen LogP contribution is 2.00. The molecular formula is C10H24N2O4S2. The minimum absolute atomic E-state index is 0.00231. The van der Waals surface area contributed by atoms with Crippen LogP contribution >= 0.6 is 11.8 Å². The number of thioether (sulfide) groups is 1. The van der Waals surface area contributed by atoms with Gasteiger partial charge in [0.15, 0.2) is 0 Å². The molecular weight excluding hydrogens is 276 g/mol. The lowest BCUT2D eigenvalue weighted by Gasteiger charge is -2.05. The molecule has 0 aromatic heterocycles. The molecule has 0 aliphatic heterocycles. The Balaban J connectivity index is 0. The predicted octanol–water partition coefficient (Wildman–Crippen LogP) is -0.192. The SMILES string of the molecule is CCCCOS(=O)(=O)[O-].CCCCSC(N)=[NH+]C. The van der Waals surface area contributed by atoms with Crippen molar-refractivity contribution in [3.05, 3.63) is 0 Å². The molecule has 0 spiro atoms. The van der Waals surface area contributed by atoms with Crippen LogP contribution in [-0.4, -0.2) is 37.5 Å². The van der Waals surface area contributed by atoms with Gasteiger partial charge in [0.25, 0.3) is 0 Å².